The number of primary amides is 1. The third-order valence-corrected chi connectivity index (χ3v) is 7.91. The quantitative estimate of drug-likeness (QED) is 0.251. The van der Waals surface area contributed by atoms with Gasteiger partial charge < -0.3 is 34.7 Å². The lowest BCUT2D eigenvalue weighted by Gasteiger charge is -2.30. The predicted octanol–water partition coefficient (Wildman–Crippen LogP) is 6.06. The van der Waals surface area contributed by atoms with Gasteiger partial charge in [-0.05, 0) is 45.6 Å². The molecule has 3 heterocycles. The molecule has 0 spiro atoms. The molecular weight excluding hydrogens is 624 g/mol. The minimum Gasteiger partial charge on any atom is -0.480 e. The van der Waals surface area contributed by atoms with Crippen LogP contribution in [0.2, 0.25) is 5.02 Å². The molecule has 1 fully saturated rings. The summed E-state index contributed by atoms with van der Waals surface area (Å²) in [4.78, 5) is 29.1. The molecular formula is C33H36ClF2N3O7. The van der Waals surface area contributed by atoms with Gasteiger partial charge in [-0.15, -0.1) is 0 Å². The van der Waals surface area contributed by atoms with E-state index in [1.165, 1.54) is 0 Å². The third-order valence-electron chi connectivity index (χ3n) is 7.54. The Bertz CT molecular complexity index is 1600. The van der Waals surface area contributed by atoms with Crippen LogP contribution in [0.15, 0.2) is 42.6 Å². The number of hydrogen-bond donors (Lipinski definition) is 2. The topological polar surface area (TPSA) is 131 Å². The fraction of sp³-hybridized carbons (Fsp3) is 0.424. The summed E-state index contributed by atoms with van der Waals surface area (Å²) < 4.78 is 60.3. The molecule has 0 aliphatic carbocycles. The van der Waals surface area contributed by atoms with Crippen molar-refractivity contribution in [3.63, 3.8) is 0 Å². The van der Waals surface area contributed by atoms with E-state index in [1.807, 2.05) is 6.07 Å². The maximum Gasteiger partial charge on any atom is 0.407 e. The number of carbonyl (C=O) groups is 2. The molecule has 0 unspecified atom stereocenters. The molecule has 2 aliphatic heterocycles. The first-order valence-electron chi connectivity index (χ1n) is 15.0. The van der Waals surface area contributed by atoms with Gasteiger partial charge in [0.25, 0.3) is 11.8 Å². The van der Waals surface area contributed by atoms with Crippen LogP contribution >= 0.6 is 11.6 Å². The largest absolute Gasteiger partial charge is 0.480 e. The van der Waals surface area contributed by atoms with Crippen molar-refractivity contribution in [2.45, 2.75) is 63.9 Å². The zero-order valence-electron chi connectivity index (χ0n) is 25.8. The van der Waals surface area contributed by atoms with Gasteiger partial charge >= 0.3 is 6.09 Å². The first-order valence-corrected chi connectivity index (χ1v) is 15.3. The Labute approximate surface area is 270 Å². The summed E-state index contributed by atoms with van der Waals surface area (Å²) in [7, 11) is 0. The highest BCUT2D eigenvalue weighted by Gasteiger charge is 2.45. The lowest BCUT2D eigenvalue weighted by atomic mass is 9.85. The molecule has 46 heavy (non-hydrogen) atoms. The van der Waals surface area contributed by atoms with Crippen molar-refractivity contribution in [2.24, 2.45) is 5.73 Å². The zero-order valence-corrected chi connectivity index (χ0v) is 26.5. The van der Waals surface area contributed by atoms with Crippen molar-refractivity contribution < 1.29 is 42.1 Å². The van der Waals surface area contributed by atoms with Crippen LogP contribution in [0.25, 0.3) is 11.1 Å². The number of benzene rings is 2. The van der Waals surface area contributed by atoms with Gasteiger partial charge in [-0.2, -0.15) is 0 Å². The summed E-state index contributed by atoms with van der Waals surface area (Å²) >= 11 is 6.53. The number of amides is 2. The van der Waals surface area contributed by atoms with Crippen LogP contribution < -0.4 is 20.5 Å². The Balaban J connectivity index is 1.51. The summed E-state index contributed by atoms with van der Waals surface area (Å²) in [6.45, 7) is 5.71. The smallest absolute Gasteiger partial charge is 0.407 e. The Morgan fingerprint density at radius 1 is 1.15 bits per heavy atom. The number of pyridine rings is 1. The second-order valence-electron chi connectivity index (χ2n) is 12.1. The molecule has 0 saturated carbocycles. The number of aromatic nitrogens is 1. The van der Waals surface area contributed by atoms with E-state index in [4.69, 9.17) is 41.0 Å². The standard InChI is InChI=1S/C33H36ClF2N3O7/c1-32(2,3)46-31(41)39-18-33(19-9-5-4-6-10-19)16-20-23(45-33)15-22(35)27(34)25(20)26-21(29(37)40)17-38-30(28(26)36)44-14-13-43-24-11-7-8-12-42-24/h4-6,9-10,15,17,24H,7-8,11-14,16,18H2,1-3H3,(H2,37,40)(H,39,41)/t24-,33+/m0/s1. The number of fused-ring (bicyclic) bond motifs is 1. The van der Waals surface area contributed by atoms with Gasteiger partial charge in [-0.1, -0.05) is 41.9 Å². The van der Waals surface area contributed by atoms with Crippen LogP contribution in [0.1, 0.15) is 61.5 Å². The van der Waals surface area contributed by atoms with Gasteiger partial charge in [-0.3, -0.25) is 4.79 Å². The van der Waals surface area contributed by atoms with Gasteiger partial charge in [0, 0.05) is 42.0 Å². The van der Waals surface area contributed by atoms with Crippen LogP contribution in [-0.2, 0) is 26.2 Å². The number of rotatable bonds is 10. The number of nitrogens with two attached hydrogens (primary N) is 1. The molecule has 2 amide bonds. The number of ether oxygens (including phenoxy) is 5. The van der Waals surface area contributed by atoms with Gasteiger partial charge in [0.1, 0.15) is 23.8 Å². The summed E-state index contributed by atoms with van der Waals surface area (Å²) in [5, 5.41) is 2.28. The van der Waals surface area contributed by atoms with E-state index in [9.17, 15) is 9.59 Å². The molecule has 0 radical (unpaired) electrons. The molecule has 1 saturated heterocycles. The van der Waals surface area contributed by atoms with E-state index in [0.29, 0.717) is 12.2 Å². The molecule has 1 aromatic heterocycles. The molecule has 3 N–H and O–H groups in total. The van der Waals surface area contributed by atoms with Crippen LogP contribution in [0.4, 0.5) is 13.6 Å². The molecule has 5 rings (SSSR count). The molecule has 246 valence electrons. The maximum atomic E-state index is 16.3. The summed E-state index contributed by atoms with van der Waals surface area (Å²) in [5.74, 6) is -3.41. The molecule has 2 aromatic carbocycles. The Kier molecular flexibility index (Phi) is 9.99. The number of alkyl carbamates (subject to hydrolysis) is 1. The zero-order chi connectivity index (χ0) is 33.1. The summed E-state index contributed by atoms with van der Waals surface area (Å²) in [6.07, 6.45) is 2.68. The normalized spacial score (nSPS) is 19.2. The van der Waals surface area contributed by atoms with E-state index in [2.05, 4.69) is 10.3 Å². The lowest BCUT2D eigenvalue weighted by Crippen LogP contribution is -2.45. The minimum atomic E-state index is -1.28. The van der Waals surface area contributed by atoms with E-state index in [0.717, 1.165) is 31.5 Å². The Morgan fingerprint density at radius 3 is 2.59 bits per heavy atom. The van der Waals surface area contributed by atoms with E-state index >= 15 is 8.78 Å². The number of nitrogens with zero attached hydrogens (tertiary/aromatic N) is 1. The van der Waals surface area contributed by atoms with Crippen LogP contribution in [-0.4, -0.2) is 55.2 Å². The lowest BCUT2D eigenvalue weighted by molar-refractivity contribution is -0.165. The highest BCUT2D eigenvalue weighted by molar-refractivity contribution is 6.34. The third kappa shape index (κ3) is 7.35. The average molecular weight is 660 g/mol. The van der Waals surface area contributed by atoms with E-state index in [1.54, 1.807) is 45.0 Å². The molecule has 10 nitrogen and oxygen atoms in total. The molecule has 2 atom stereocenters. The first kappa shape index (κ1) is 33.4. The first-order chi connectivity index (χ1) is 21.9. The second-order valence-corrected chi connectivity index (χ2v) is 12.4. The van der Waals surface area contributed by atoms with Crippen LogP contribution in [0, 0.1) is 11.6 Å². The van der Waals surface area contributed by atoms with Crippen molar-refractivity contribution in [1.29, 1.82) is 0 Å². The van der Waals surface area contributed by atoms with Crippen LogP contribution in [0.3, 0.4) is 0 Å². The van der Waals surface area contributed by atoms with Gasteiger partial charge in [0.2, 0.25) is 0 Å². The fourth-order valence-corrected chi connectivity index (χ4v) is 5.76. The van der Waals surface area contributed by atoms with E-state index < -0.39 is 45.7 Å². The maximum absolute atomic E-state index is 16.3. The molecule has 2 aliphatic rings. The summed E-state index contributed by atoms with van der Waals surface area (Å²) in [6, 6.07) is 10.0. The highest BCUT2D eigenvalue weighted by Crippen LogP contribution is 2.50. The number of nitrogens with one attached hydrogen (secondary N) is 1. The predicted molar refractivity (Wildman–Crippen MR) is 165 cm³/mol. The second kappa shape index (κ2) is 13.8. The Morgan fingerprint density at radius 2 is 1.91 bits per heavy atom. The highest BCUT2D eigenvalue weighted by atomic mass is 35.5. The fourth-order valence-electron chi connectivity index (χ4n) is 5.49. The van der Waals surface area contributed by atoms with Crippen molar-refractivity contribution in [3.05, 3.63) is 75.9 Å². The van der Waals surface area contributed by atoms with Crippen molar-refractivity contribution in [3.8, 4) is 22.8 Å². The van der Waals surface area contributed by atoms with Crippen molar-refractivity contribution >= 4 is 23.6 Å². The van der Waals surface area contributed by atoms with Gasteiger partial charge in [-0.25, -0.2) is 18.6 Å². The van der Waals surface area contributed by atoms with Gasteiger partial charge in [0.15, 0.2) is 17.7 Å². The van der Waals surface area contributed by atoms with Crippen molar-refractivity contribution in [1.82, 2.24) is 10.3 Å². The molecule has 3 aromatic rings. The SMILES string of the molecule is CC(C)(C)OC(=O)NC[C@@]1(c2ccccc2)Cc2c(cc(F)c(Cl)c2-c2c(C(N)=O)cnc(OCCO[C@H]3CCCCO3)c2F)O1. The summed E-state index contributed by atoms with van der Waals surface area (Å²) in [5.41, 5.74) is 3.66. The number of carbonyl (C=O) groups excluding carboxylic acids is 2. The Hall–Kier alpha value is -4.00. The monoisotopic (exact) mass is 659 g/mol. The molecule has 0 bridgehead atoms. The average Bonchev–Trinajstić information content (AvgIpc) is 3.39. The van der Waals surface area contributed by atoms with Crippen molar-refractivity contribution in [2.75, 3.05) is 26.4 Å². The van der Waals surface area contributed by atoms with Gasteiger partial charge in [0.05, 0.1) is 23.7 Å². The number of hydrogen-bond acceptors (Lipinski definition) is 8. The minimum absolute atomic E-state index is 0.00284. The van der Waals surface area contributed by atoms with Crippen LogP contribution in [0.5, 0.6) is 11.6 Å². The number of halogens is 3. The molecule has 13 heteroatoms. The van der Waals surface area contributed by atoms with E-state index in [-0.39, 0.29) is 60.5 Å².